The number of hydrogen-bond acceptors (Lipinski definition) is 3. The molecule has 0 aliphatic heterocycles. The molecule has 1 aliphatic carbocycles. The number of aryl methyl sites for hydroxylation is 1. The summed E-state index contributed by atoms with van der Waals surface area (Å²) >= 11 is 0. The molecular formula is C23H29N3O2. The van der Waals surface area contributed by atoms with Crippen LogP contribution in [0.15, 0.2) is 48.5 Å². The fourth-order valence-electron chi connectivity index (χ4n) is 3.92. The second-order valence-electron chi connectivity index (χ2n) is 7.56. The number of rotatable bonds is 6. The van der Waals surface area contributed by atoms with Crippen molar-refractivity contribution in [2.75, 3.05) is 27.7 Å². The number of carbonyl (C=O) groups excluding carboxylic acids is 2. The van der Waals surface area contributed by atoms with Crippen LogP contribution in [0.1, 0.15) is 45.9 Å². The number of carbonyl (C=O) groups is 2. The molecule has 1 N–H and O–H groups in total. The van der Waals surface area contributed by atoms with Gasteiger partial charge >= 0.3 is 0 Å². The highest BCUT2D eigenvalue weighted by molar-refractivity contribution is 5.93. The molecule has 0 saturated heterocycles. The first kappa shape index (κ1) is 20.1. The second-order valence-corrected chi connectivity index (χ2v) is 7.56. The van der Waals surface area contributed by atoms with Crippen molar-refractivity contribution in [1.82, 2.24) is 15.1 Å². The van der Waals surface area contributed by atoms with Gasteiger partial charge in [0.2, 0.25) is 5.91 Å². The van der Waals surface area contributed by atoms with Gasteiger partial charge < -0.3 is 10.2 Å². The Labute approximate surface area is 167 Å². The minimum absolute atomic E-state index is 0.0931. The Bertz CT molecular complexity index is 832. The van der Waals surface area contributed by atoms with Crippen molar-refractivity contribution in [2.45, 2.75) is 31.8 Å². The molecule has 28 heavy (non-hydrogen) atoms. The molecule has 2 aromatic rings. The fraction of sp³-hybridized carbons (Fsp3) is 0.391. The third-order valence-corrected chi connectivity index (χ3v) is 5.50. The zero-order valence-electron chi connectivity index (χ0n) is 16.9. The molecule has 0 fully saturated rings. The van der Waals surface area contributed by atoms with Gasteiger partial charge in [-0.3, -0.25) is 14.5 Å². The molecule has 0 spiro atoms. The summed E-state index contributed by atoms with van der Waals surface area (Å²) < 4.78 is 0. The monoisotopic (exact) mass is 379 g/mol. The van der Waals surface area contributed by atoms with Gasteiger partial charge in [0.15, 0.2) is 0 Å². The summed E-state index contributed by atoms with van der Waals surface area (Å²) in [6.45, 7) is 1.03. The van der Waals surface area contributed by atoms with Crippen molar-refractivity contribution >= 4 is 11.8 Å². The van der Waals surface area contributed by atoms with E-state index in [0.29, 0.717) is 18.7 Å². The van der Waals surface area contributed by atoms with Crippen molar-refractivity contribution in [3.8, 4) is 0 Å². The van der Waals surface area contributed by atoms with Crippen molar-refractivity contribution < 1.29 is 9.59 Å². The van der Waals surface area contributed by atoms with E-state index in [2.05, 4.69) is 29.6 Å². The Morgan fingerprint density at radius 3 is 2.50 bits per heavy atom. The molecular weight excluding hydrogens is 350 g/mol. The van der Waals surface area contributed by atoms with Crippen LogP contribution in [-0.4, -0.2) is 49.3 Å². The Balaban J connectivity index is 1.59. The molecule has 0 heterocycles. The van der Waals surface area contributed by atoms with Gasteiger partial charge in [0, 0.05) is 26.2 Å². The molecule has 0 bridgehead atoms. The van der Waals surface area contributed by atoms with Crippen LogP contribution in [0.5, 0.6) is 0 Å². The van der Waals surface area contributed by atoms with Crippen LogP contribution in [0.25, 0.3) is 0 Å². The van der Waals surface area contributed by atoms with E-state index in [9.17, 15) is 9.59 Å². The summed E-state index contributed by atoms with van der Waals surface area (Å²) in [5.41, 5.74) is 4.37. The lowest BCUT2D eigenvalue weighted by molar-refractivity contribution is -0.133. The SMILES string of the molecule is CNC(=O)c1ccc(CN(C)CC(=O)N(C)C2CCCc3ccccc32)cc1. The highest BCUT2D eigenvalue weighted by Crippen LogP contribution is 2.33. The number of fused-ring (bicyclic) bond motifs is 1. The van der Waals surface area contributed by atoms with E-state index in [1.807, 2.05) is 48.2 Å². The third kappa shape index (κ3) is 4.60. The van der Waals surface area contributed by atoms with Gasteiger partial charge in [-0.2, -0.15) is 0 Å². The smallest absolute Gasteiger partial charge is 0.251 e. The van der Waals surface area contributed by atoms with Crippen LogP contribution in [0, 0.1) is 0 Å². The van der Waals surface area contributed by atoms with Crippen molar-refractivity contribution in [1.29, 1.82) is 0 Å². The van der Waals surface area contributed by atoms with Gasteiger partial charge in [0.25, 0.3) is 5.91 Å². The number of benzene rings is 2. The van der Waals surface area contributed by atoms with Gasteiger partial charge in [0.05, 0.1) is 12.6 Å². The van der Waals surface area contributed by atoms with Crippen LogP contribution in [0.2, 0.25) is 0 Å². The second kappa shape index (κ2) is 9.02. The minimum atomic E-state index is -0.0931. The van der Waals surface area contributed by atoms with Gasteiger partial charge in [-0.05, 0) is 55.1 Å². The van der Waals surface area contributed by atoms with Crippen LogP contribution < -0.4 is 5.32 Å². The molecule has 1 atom stereocenters. The summed E-state index contributed by atoms with van der Waals surface area (Å²) in [5, 5.41) is 2.62. The number of nitrogens with one attached hydrogen (secondary N) is 1. The van der Waals surface area contributed by atoms with E-state index >= 15 is 0 Å². The van der Waals surface area contributed by atoms with E-state index < -0.39 is 0 Å². The molecule has 148 valence electrons. The van der Waals surface area contributed by atoms with Crippen molar-refractivity contribution in [3.05, 3.63) is 70.8 Å². The molecule has 1 aliphatic rings. The van der Waals surface area contributed by atoms with E-state index in [-0.39, 0.29) is 17.9 Å². The zero-order chi connectivity index (χ0) is 20.1. The molecule has 0 aromatic heterocycles. The van der Waals surface area contributed by atoms with Crippen LogP contribution in [0.3, 0.4) is 0 Å². The lowest BCUT2D eigenvalue weighted by Gasteiger charge is -2.34. The number of hydrogen-bond donors (Lipinski definition) is 1. The maximum absolute atomic E-state index is 12.9. The summed E-state index contributed by atoms with van der Waals surface area (Å²) in [6, 6.07) is 16.1. The summed E-state index contributed by atoms with van der Waals surface area (Å²) in [7, 11) is 5.49. The van der Waals surface area contributed by atoms with E-state index in [0.717, 1.165) is 24.8 Å². The van der Waals surface area contributed by atoms with E-state index in [1.165, 1.54) is 11.1 Å². The fourth-order valence-corrected chi connectivity index (χ4v) is 3.92. The average Bonchev–Trinajstić information content (AvgIpc) is 2.72. The van der Waals surface area contributed by atoms with E-state index in [1.54, 1.807) is 7.05 Å². The first-order valence-electron chi connectivity index (χ1n) is 9.82. The molecule has 0 saturated carbocycles. The maximum Gasteiger partial charge on any atom is 0.251 e. The Kier molecular flexibility index (Phi) is 6.47. The predicted octanol–water partition coefficient (Wildman–Crippen LogP) is 3.01. The van der Waals surface area contributed by atoms with Gasteiger partial charge in [-0.15, -0.1) is 0 Å². The predicted molar refractivity (Wildman–Crippen MR) is 111 cm³/mol. The van der Waals surface area contributed by atoms with Crippen molar-refractivity contribution in [2.24, 2.45) is 0 Å². The molecule has 3 rings (SSSR count). The molecule has 2 amide bonds. The molecule has 5 nitrogen and oxygen atoms in total. The topological polar surface area (TPSA) is 52.7 Å². The Morgan fingerprint density at radius 1 is 1.07 bits per heavy atom. The Morgan fingerprint density at radius 2 is 1.79 bits per heavy atom. The molecule has 1 unspecified atom stereocenters. The van der Waals surface area contributed by atoms with Crippen LogP contribution >= 0.6 is 0 Å². The normalized spacial score (nSPS) is 15.8. The highest BCUT2D eigenvalue weighted by atomic mass is 16.2. The lowest BCUT2D eigenvalue weighted by atomic mass is 9.87. The number of likely N-dealkylation sites (N-methyl/N-ethyl adjacent to an activating group) is 2. The molecule has 0 radical (unpaired) electrons. The first-order valence-corrected chi connectivity index (χ1v) is 9.82. The number of nitrogens with zero attached hydrogens (tertiary/aromatic N) is 2. The quantitative estimate of drug-likeness (QED) is 0.839. The Hall–Kier alpha value is -2.66. The highest BCUT2D eigenvalue weighted by Gasteiger charge is 2.26. The van der Waals surface area contributed by atoms with Crippen LogP contribution in [-0.2, 0) is 17.8 Å². The first-order chi connectivity index (χ1) is 13.5. The summed E-state index contributed by atoms with van der Waals surface area (Å²) in [6.07, 6.45) is 3.23. The molecule has 5 heteroatoms. The maximum atomic E-state index is 12.9. The average molecular weight is 380 g/mol. The van der Waals surface area contributed by atoms with E-state index in [4.69, 9.17) is 0 Å². The van der Waals surface area contributed by atoms with Gasteiger partial charge in [-0.1, -0.05) is 36.4 Å². The minimum Gasteiger partial charge on any atom is -0.355 e. The largest absolute Gasteiger partial charge is 0.355 e. The van der Waals surface area contributed by atoms with Gasteiger partial charge in [0.1, 0.15) is 0 Å². The van der Waals surface area contributed by atoms with Crippen LogP contribution in [0.4, 0.5) is 0 Å². The lowest BCUT2D eigenvalue weighted by Crippen LogP contribution is -2.39. The number of amides is 2. The summed E-state index contributed by atoms with van der Waals surface area (Å²) in [5.74, 6) is 0.0376. The molecule has 2 aromatic carbocycles. The zero-order valence-corrected chi connectivity index (χ0v) is 16.9. The third-order valence-electron chi connectivity index (χ3n) is 5.50. The van der Waals surface area contributed by atoms with Crippen molar-refractivity contribution in [3.63, 3.8) is 0 Å². The summed E-state index contributed by atoms with van der Waals surface area (Å²) in [4.78, 5) is 28.4. The standard InChI is InChI=1S/C23H29N3O2/c1-24-23(28)19-13-11-17(12-14-19)15-25(2)16-22(27)26(3)21-10-6-8-18-7-4-5-9-20(18)21/h4-5,7,9,11-14,21H,6,8,10,15-16H2,1-3H3,(H,24,28). The van der Waals surface area contributed by atoms with Gasteiger partial charge in [-0.25, -0.2) is 0 Å².